The first-order valence-corrected chi connectivity index (χ1v) is 7.72. The highest BCUT2D eigenvalue weighted by Crippen LogP contribution is 2.19. The molecule has 4 nitrogen and oxygen atoms in total. The molecule has 0 atom stereocenters. The second-order valence-corrected chi connectivity index (χ2v) is 6.17. The van der Waals surface area contributed by atoms with Crippen molar-refractivity contribution in [1.82, 2.24) is 9.97 Å². The predicted octanol–water partition coefficient (Wildman–Crippen LogP) is 3.81. The van der Waals surface area contributed by atoms with Crippen LogP contribution in [0.4, 0.5) is 5.95 Å². The zero-order valence-electron chi connectivity index (χ0n) is 12.4. The molecule has 0 aliphatic rings. The van der Waals surface area contributed by atoms with Gasteiger partial charge in [-0.25, -0.2) is 4.98 Å². The maximum absolute atomic E-state index is 5.62. The molecule has 0 amide bonds. The molecule has 0 bridgehead atoms. The van der Waals surface area contributed by atoms with Crippen LogP contribution in [0.1, 0.15) is 36.2 Å². The largest absolute Gasteiger partial charge is 0.475 e. The molecule has 0 spiro atoms. The number of nitrogens with one attached hydrogen (secondary N) is 1. The fraction of sp³-hybridized carbons (Fsp3) is 0.467. The summed E-state index contributed by atoms with van der Waals surface area (Å²) in [4.78, 5) is 11.5. The van der Waals surface area contributed by atoms with Gasteiger partial charge in [-0.15, -0.1) is 11.3 Å². The lowest BCUT2D eigenvalue weighted by Gasteiger charge is -2.11. The number of thiophene rings is 1. The van der Waals surface area contributed by atoms with Gasteiger partial charge < -0.3 is 10.1 Å². The number of ether oxygens (including phenoxy) is 1. The summed E-state index contributed by atoms with van der Waals surface area (Å²) in [6.07, 6.45) is 1.19. The zero-order chi connectivity index (χ0) is 14.5. The van der Waals surface area contributed by atoms with E-state index in [9.17, 15) is 0 Å². The Bertz CT molecular complexity index is 566. The summed E-state index contributed by atoms with van der Waals surface area (Å²) in [5, 5.41) is 3.26. The van der Waals surface area contributed by atoms with Gasteiger partial charge in [0.2, 0.25) is 11.8 Å². The van der Waals surface area contributed by atoms with Crippen LogP contribution in [0.2, 0.25) is 0 Å². The van der Waals surface area contributed by atoms with E-state index in [1.54, 1.807) is 0 Å². The van der Waals surface area contributed by atoms with Crippen molar-refractivity contribution in [2.24, 2.45) is 0 Å². The van der Waals surface area contributed by atoms with E-state index in [0.29, 0.717) is 11.8 Å². The lowest BCUT2D eigenvalue weighted by molar-refractivity contribution is 0.232. The highest BCUT2D eigenvalue weighted by Gasteiger charge is 2.05. The van der Waals surface area contributed by atoms with Gasteiger partial charge in [0.25, 0.3) is 0 Å². The summed E-state index contributed by atoms with van der Waals surface area (Å²) < 4.78 is 5.62. The van der Waals surface area contributed by atoms with Gasteiger partial charge >= 0.3 is 0 Å². The number of anilines is 1. The predicted molar refractivity (Wildman–Crippen MR) is 83.6 cm³/mol. The summed E-state index contributed by atoms with van der Waals surface area (Å²) in [5.74, 6) is 1.24. The normalized spacial score (nSPS) is 10.8. The van der Waals surface area contributed by atoms with Crippen molar-refractivity contribution in [2.75, 3.05) is 5.32 Å². The van der Waals surface area contributed by atoms with Gasteiger partial charge in [0.15, 0.2) is 0 Å². The molecule has 0 aliphatic heterocycles. The maximum atomic E-state index is 5.62. The first-order chi connectivity index (χ1) is 9.56. The first kappa shape index (κ1) is 14.8. The summed E-state index contributed by atoms with van der Waals surface area (Å²) in [7, 11) is 0. The number of hydrogen-bond acceptors (Lipinski definition) is 5. The monoisotopic (exact) mass is 291 g/mol. The Balaban J connectivity index is 2.03. The summed E-state index contributed by atoms with van der Waals surface area (Å²) in [5.41, 5.74) is 0.901. The van der Waals surface area contributed by atoms with E-state index in [1.165, 1.54) is 9.75 Å². The molecule has 2 rings (SSSR count). The van der Waals surface area contributed by atoms with Gasteiger partial charge in [0.1, 0.15) is 0 Å². The van der Waals surface area contributed by atoms with Crippen LogP contribution in [-0.4, -0.2) is 16.1 Å². The van der Waals surface area contributed by atoms with Gasteiger partial charge in [-0.05, 0) is 39.3 Å². The van der Waals surface area contributed by atoms with Crippen molar-refractivity contribution in [1.29, 1.82) is 0 Å². The lowest BCUT2D eigenvalue weighted by Crippen LogP contribution is -2.10. The minimum absolute atomic E-state index is 0.113. The van der Waals surface area contributed by atoms with E-state index < -0.39 is 0 Å². The smallest absolute Gasteiger partial charge is 0.226 e. The SMILES string of the molecule is CCc1ccc(CNc2nc(C)cc(OC(C)C)n2)s1. The van der Waals surface area contributed by atoms with Crippen LogP contribution >= 0.6 is 11.3 Å². The average molecular weight is 291 g/mol. The van der Waals surface area contributed by atoms with E-state index in [-0.39, 0.29) is 6.10 Å². The van der Waals surface area contributed by atoms with Gasteiger partial charge in [-0.1, -0.05) is 6.92 Å². The molecule has 0 saturated heterocycles. The molecular formula is C15H21N3OS. The Morgan fingerprint density at radius 2 is 2.00 bits per heavy atom. The number of aromatic nitrogens is 2. The van der Waals surface area contributed by atoms with Crippen LogP contribution in [-0.2, 0) is 13.0 Å². The quantitative estimate of drug-likeness (QED) is 0.879. The minimum atomic E-state index is 0.113. The summed E-state index contributed by atoms with van der Waals surface area (Å²) >= 11 is 1.82. The van der Waals surface area contributed by atoms with E-state index in [2.05, 4.69) is 34.3 Å². The summed E-state index contributed by atoms with van der Waals surface area (Å²) in [6.45, 7) is 8.84. The molecule has 1 N–H and O–H groups in total. The standard InChI is InChI=1S/C15H21N3OS/c1-5-12-6-7-13(20-12)9-16-15-17-11(4)8-14(18-15)19-10(2)3/h6-8,10H,5,9H2,1-4H3,(H,16,17,18). The van der Waals surface area contributed by atoms with Crippen molar-refractivity contribution in [3.8, 4) is 5.88 Å². The van der Waals surface area contributed by atoms with Crippen LogP contribution in [0.15, 0.2) is 18.2 Å². The first-order valence-electron chi connectivity index (χ1n) is 6.90. The van der Waals surface area contributed by atoms with Gasteiger partial charge in [0.05, 0.1) is 12.6 Å². The summed E-state index contributed by atoms with van der Waals surface area (Å²) in [6, 6.07) is 6.18. The lowest BCUT2D eigenvalue weighted by atomic mass is 10.3. The number of aryl methyl sites for hydroxylation is 2. The molecule has 2 aromatic rings. The van der Waals surface area contributed by atoms with Crippen LogP contribution in [0.3, 0.4) is 0 Å². The molecule has 0 aromatic carbocycles. The Morgan fingerprint density at radius 3 is 2.65 bits per heavy atom. The molecule has 108 valence electrons. The Kier molecular flexibility index (Phi) is 4.95. The topological polar surface area (TPSA) is 47.0 Å². The van der Waals surface area contributed by atoms with Gasteiger partial charge in [0, 0.05) is 21.5 Å². The van der Waals surface area contributed by atoms with E-state index in [0.717, 1.165) is 18.7 Å². The zero-order valence-corrected chi connectivity index (χ0v) is 13.3. The van der Waals surface area contributed by atoms with Crippen LogP contribution in [0.5, 0.6) is 5.88 Å². The molecule has 0 saturated carbocycles. The number of nitrogens with zero attached hydrogens (tertiary/aromatic N) is 2. The Hall–Kier alpha value is -1.62. The molecule has 0 fully saturated rings. The molecule has 0 radical (unpaired) electrons. The van der Waals surface area contributed by atoms with E-state index in [4.69, 9.17) is 4.74 Å². The van der Waals surface area contributed by atoms with Crippen LogP contribution in [0.25, 0.3) is 0 Å². The third kappa shape index (κ3) is 4.20. The molecule has 0 unspecified atom stereocenters. The van der Waals surface area contributed by atoms with Gasteiger partial charge in [-0.3, -0.25) is 0 Å². The second kappa shape index (κ2) is 6.70. The van der Waals surface area contributed by atoms with E-state index in [1.807, 2.05) is 38.2 Å². The molecule has 5 heteroatoms. The number of rotatable bonds is 6. The molecule has 0 aliphatic carbocycles. The minimum Gasteiger partial charge on any atom is -0.475 e. The average Bonchev–Trinajstić information content (AvgIpc) is 2.83. The van der Waals surface area contributed by atoms with Crippen molar-refractivity contribution >= 4 is 17.3 Å². The van der Waals surface area contributed by atoms with Crippen molar-refractivity contribution in [2.45, 2.75) is 46.8 Å². The van der Waals surface area contributed by atoms with Crippen LogP contribution in [0, 0.1) is 6.92 Å². The van der Waals surface area contributed by atoms with E-state index >= 15 is 0 Å². The molecule has 2 aromatic heterocycles. The fourth-order valence-electron chi connectivity index (χ4n) is 1.79. The van der Waals surface area contributed by atoms with Crippen molar-refractivity contribution < 1.29 is 4.74 Å². The van der Waals surface area contributed by atoms with Gasteiger partial charge in [-0.2, -0.15) is 4.98 Å². The Morgan fingerprint density at radius 1 is 1.25 bits per heavy atom. The molecule has 2 heterocycles. The number of hydrogen-bond donors (Lipinski definition) is 1. The highest BCUT2D eigenvalue weighted by atomic mass is 32.1. The van der Waals surface area contributed by atoms with Crippen molar-refractivity contribution in [3.63, 3.8) is 0 Å². The second-order valence-electron chi connectivity index (χ2n) is 4.91. The molecular weight excluding hydrogens is 270 g/mol. The highest BCUT2D eigenvalue weighted by molar-refractivity contribution is 7.12. The van der Waals surface area contributed by atoms with Crippen molar-refractivity contribution in [3.05, 3.63) is 33.6 Å². The fourth-order valence-corrected chi connectivity index (χ4v) is 2.69. The third-order valence-electron chi connectivity index (χ3n) is 2.67. The van der Waals surface area contributed by atoms with Crippen LogP contribution < -0.4 is 10.1 Å². The maximum Gasteiger partial charge on any atom is 0.226 e. The third-order valence-corrected chi connectivity index (χ3v) is 3.90. The Labute approximate surface area is 124 Å². The molecule has 20 heavy (non-hydrogen) atoms.